The van der Waals surface area contributed by atoms with Crippen molar-refractivity contribution >= 4 is 34.3 Å². The molecule has 0 radical (unpaired) electrons. The van der Waals surface area contributed by atoms with Gasteiger partial charge in [-0.3, -0.25) is 4.79 Å². The number of hydrogen-bond donors (Lipinski definition) is 2. The predicted molar refractivity (Wildman–Crippen MR) is 138 cm³/mol. The number of carbonyl (C=O) groups is 1. The number of aryl methyl sites for hydroxylation is 2. The highest BCUT2D eigenvalue weighted by Gasteiger charge is 2.31. The predicted octanol–water partition coefficient (Wildman–Crippen LogP) is 6.86. The molecule has 194 valence electrons. The van der Waals surface area contributed by atoms with Crippen LogP contribution in [0.15, 0.2) is 41.3 Å². The van der Waals surface area contributed by atoms with E-state index in [2.05, 4.69) is 47.0 Å². The van der Waals surface area contributed by atoms with Gasteiger partial charge < -0.3 is 15.2 Å². The second-order valence-electron chi connectivity index (χ2n) is 8.45. The molecule has 0 spiro atoms. The number of anilines is 1. The number of rotatable bonds is 7. The molecule has 4 rings (SSSR count). The number of nitrogens with one attached hydrogen (secondary N) is 1. The molecule has 1 aromatic heterocycles. The van der Waals surface area contributed by atoms with E-state index in [-0.39, 0.29) is 17.9 Å². The van der Waals surface area contributed by atoms with Crippen molar-refractivity contribution in [2.45, 2.75) is 63.4 Å². The van der Waals surface area contributed by atoms with Gasteiger partial charge in [0.15, 0.2) is 0 Å². The summed E-state index contributed by atoms with van der Waals surface area (Å²) >= 11 is 3.26. The second-order valence-corrected chi connectivity index (χ2v) is 10.3. The molecular weight excluding hydrogens is 509 g/mol. The van der Waals surface area contributed by atoms with E-state index < -0.39 is 17.6 Å². The number of alkyl halides is 3. The van der Waals surface area contributed by atoms with Gasteiger partial charge in [-0.05, 0) is 86.0 Å². The van der Waals surface area contributed by atoms with Gasteiger partial charge >= 0.3 is 6.18 Å². The first-order valence-electron chi connectivity index (χ1n) is 11.6. The van der Waals surface area contributed by atoms with E-state index in [0.29, 0.717) is 5.92 Å². The molecule has 2 aromatic carbocycles. The van der Waals surface area contributed by atoms with Crippen LogP contribution >= 0.6 is 23.3 Å². The van der Waals surface area contributed by atoms with E-state index in [1.54, 1.807) is 30.2 Å². The Hall–Kier alpha value is -2.79. The number of hydrogen-bond acceptors (Lipinski definition) is 7. The lowest BCUT2D eigenvalue weighted by atomic mass is 9.92. The molecule has 3 N–H and O–H groups in total. The van der Waals surface area contributed by atoms with Crippen LogP contribution in [0, 0.1) is 0 Å². The van der Waals surface area contributed by atoms with Gasteiger partial charge in [-0.2, -0.15) is 13.2 Å². The molecule has 3 aromatic rings. The fraction of sp³-hybridized carbons (Fsp3) is 0.400. The van der Waals surface area contributed by atoms with Gasteiger partial charge in [0.1, 0.15) is 10.8 Å². The third-order valence-electron chi connectivity index (χ3n) is 5.38. The number of benzene rings is 2. The van der Waals surface area contributed by atoms with Gasteiger partial charge in [0.05, 0.1) is 17.7 Å². The highest BCUT2D eigenvalue weighted by molar-refractivity contribution is 8.00. The average molecular weight is 539 g/mol. The van der Waals surface area contributed by atoms with Crippen LogP contribution in [0.1, 0.15) is 71.6 Å². The number of aromatic nitrogens is 2. The largest absolute Gasteiger partial charge is 0.493 e. The first-order valence-corrected chi connectivity index (χ1v) is 13.2. The van der Waals surface area contributed by atoms with Crippen LogP contribution in [0.2, 0.25) is 0 Å². The number of carbonyl (C=O) groups excluding carboxylic acids is 1. The van der Waals surface area contributed by atoms with Crippen LogP contribution in [0.25, 0.3) is 0 Å². The Morgan fingerprint density at radius 1 is 1.14 bits per heavy atom. The van der Waals surface area contributed by atoms with Crippen LogP contribution in [-0.2, 0) is 19.0 Å². The van der Waals surface area contributed by atoms with E-state index in [4.69, 9.17) is 10.5 Å². The summed E-state index contributed by atoms with van der Waals surface area (Å²) in [5.74, 6) is -0.529. The summed E-state index contributed by atoms with van der Waals surface area (Å²) in [6.07, 6.45) is 0.646. The highest BCUT2D eigenvalue weighted by atomic mass is 32.2. The minimum absolute atomic E-state index is 0.0603. The van der Waals surface area contributed by atoms with E-state index in [1.807, 2.05) is 0 Å². The molecule has 0 aliphatic heterocycles. The molecule has 1 aliphatic carbocycles. The summed E-state index contributed by atoms with van der Waals surface area (Å²) in [5, 5.41) is 10.3. The van der Waals surface area contributed by atoms with Crippen LogP contribution in [0.4, 0.5) is 18.3 Å². The minimum atomic E-state index is -4.47. The lowest BCUT2D eigenvalue weighted by Gasteiger charge is -2.16. The maximum absolute atomic E-state index is 12.4. The number of nitrogens with two attached hydrogens (primary N) is 1. The normalized spacial score (nSPS) is 13.0. The van der Waals surface area contributed by atoms with Crippen LogP contribution in [-0.4, -0.2) is 22.7 Å². The molecule has 0 atom stereocenters. The summed E-state index contributed by atoms with van der Waals surface area (Å²) in [4.78, 5) is 12.2. The van der Waals surface area contributed by atoms with Crippen LogP contribution in [0.3, 0.4) is 0 Å². The molecule has 6 nitrogen and oxygen atoms in total. The van der Waals surface area contributed by atoms with Crippen molar-refractivity contribution in [1.82, 2.24) is 10.2 Å². The number of halogens is 3. The summed E-state index contributed by atoms with van der Waals surface area (Å²) in [6, 6.07) is 9.36. The zero-order chi connectivity index (χ0) is 26.3. The third kappa shape index (κ3) is 7.60. The quantitative estimate of drug-likeness (QED) is 0.319. The molecule has 1 aliphatic rings. The number of nitrogens with zero attached hydrogens (tertiary/aromatic N) is 2. The first-order chi connectivity index (χ1) is 17.1. The fourth-order valence-electron chi connectivity index (χ4n) is 3.56. The third-order valence-corrected chi connectivity index (χ3v) is 7.44. The monoisotopic (exact) mass is 538 g/mol. The minimum Gasteiger partial charge on any atom is -0.493 e. The molecule has 0 saturated heterocycles. The molecular formula is C25H29F3N4O2S2. The molecule has 0 saturated carbocycles. The fourth-order valence-corrected chi connectivity index (χ4v) is 5.03. The van der Waals surface area contributed by atoms with Crippen molar-refractivity contribution in [3.05, 3.63) is 63.7 Å². The van der Waals surface area contributed by atoms with Crippen molar-refractivity contribution in [3.63, 3.8) is 0 Å². The number of ether oxygens (including phenoxy) is 1. The highest BCUT2D eigenvalue weighted by Crippen LogP contribution is 2.33. The molecule has 0 fully saturated rings. The first kappa shape index (κ1) is 27.8. The summed E-state index contributed by atoms with van der Waals surface area (Å²) < 4.78 is 45.3. The van der Waals surface area contributed by atoms with Gasteiger partial charge in [0, 0.05) is 10.8 Å². The van der Waals surface area contributed by atoms with Gasteiger partial charge in [-0.15, -0.1) is 10.2 Å². The zero-order valence-corrected chi connectivity index (χ0v) is 21.9. The molecule has 1 heterocycles. The molecule has 0 unspecified atom stereocenters. The Bertz CT molecular complexity index is 1180. The SMILES string of the molecule is CC(C)c1nnc(NSc2ccc3c(c2)CCCC3)s1.CCOc1cc(C(F)(F)F)ccc1C(N)=O. The second kappa shape index (κ2) is 12.4. The van der Waals surface area contributed by atoms with Crippen LogP contribution < -0.4 is 15.2 Å². The van der Waals surface area contributed by atoms with E-state index in [0.717, 1.165) is 28.3 Å². The Kier molecular flexibility index (Phi) is 9.61. The average Bonchev–Trinajstić information content (AvgIpc) is 3.32. The molecule has 36 heavy (non-hydrogen) atoms. The number of fused-ring (bicyclic) bond motifs is 1. The Balaban J connectivity index is 0.000000207. The standard InChI is InChI=1S/C15H19N3S2.C10H10F3NO2/c1-10(2)14-16-17-15(19-14)18-20-13-8-7-11-5-3-4-6-12(11)9-13;1-2-16-8-5-6(10(11,12)13)3-4-7(8)9(14)15/h7-10H,3-6H2,1-2H3,(H,17,18);3-5H,2H2,1H3,(H2,14,15). The Morgan fingerprint density at radius 3 is 2.47 bits per heavy atom. The Morgan fingerprint density at radius 2 is 1.86 bits per heavy atom. The number of primary amides is 1. The summed E-state index contributed by atoms with van der Waals surface area (Å²) in [5.41, 5.74) is 7.11. The van der Waals surface area contributed by atoms with Crippen molar-refractivity contribution in [2.24, 2.45) is 5.73 Å². The zero-order valence-electron chi connectivity index (χ0n) is 20.3. The van der Waals surface area contributed by atoms with Gasteiger partial charge in [0.2, 0.25) is 5.13 Å². The van der Waals surface area contributed by atoms with Crippen molar-refractivity contribution < 1.29 is 22.7 Å². The van der Waals surface area contributed by atoms with Crippen LogP contribution in [0.5, 0.6) is 5.75 Å². The molecule has 0 bridgehead atoms. The maximum atomic E-state index is 12.4. The van der Waals surface area contributed by atoms with E-state index >= 15 is 0 Å². The van der Waals surface area contributed by atoms with Crippen molar-refractivity contribution in [1.29, 1.82) is 0 Å². The maximum Gasteiger partial charge on any atom is 0.416 e. The number of amides is 1. The van der Waals surface area contributed by atoms with Crippen molar-refractivity contribution in [2.75, 3.05) is 11.3 Å². The molecule has 1 amide bonds. The smallest absolute Gasteiger partial charge is 0.416 e. The Labute approximate surface area is 217 Å². The lowest BCUT2D eigenvalue weighted by Crippen LogP contribution is -2.14. The van der Waals surface area contributed by atoms with Gasteiger partial charge in [-0.25, -0.2) is 0 Å². The van der Waals surface area contributed by atoms with E-state index in [9.17, 15) is 18.0 Å². The van der Waals surface area contributed by atoms with E-state index in [1.165, 1.54) is 41.7 Å². The topological polar surface area (TPSA) is 90.1 Å². The molecule has 11 heteroatoms. The summed E-state index contributed by atoms with van der Waals surface area (Å²) in [6.45, 7) is 6.04. The lowest BCUT2D eigenvalue weighted by molar-refractivity contribution is -0.137. The summed E-state index contributed by atoms with van der Waals surface area (Å²) in [7, 11) is 0. The van der Waals surface area contributed by atoms with Gasteiger partial charge in [-0.1, -0.05) is 31.3 Å². The van der Waals surface area contributed by atoms with Crippen molar-refractivity contribution in [3.8, 4) is 5.75 Å². The van der Waals surface area contributed by atoms with Gasteiger partial charge in [0.25, 0.3) is 5.91 Å².